The minimum absolute atomic E-state index is 0.0138. The number of benzene rings is 1. The SMILES string of the molecule is O=C(NCCc1cccs1)C1CN(C(=O)c2c[nH]c3ccccc23)C1. The van der Waals surface area contributed by atoms with Crippen LogP contribution in [0.1, 0.15) is 15.2 Å². The highest BCUT2D eigenvalue weighted by atomic mass is 32.1. The van der Waals surface area contributed by atoms with Gasteiger partial charge < -0.3 is 15.2 Å². The summed E-state index contributed by atoms with van der Waals surface area (Å²) in [6.45, 7) is 1.62. The number of hydrogen-bond donors (Lipinski definition) is 2. The zero-order chi connectivity index (χ0) is 17.2. The number of amides is 2. The summed E-state index contributed by atoms with van der Waals surface area (Å²) in [6, 6.07) is 11.8. The summed E-state index contributed by atoms with van der Waals surface area (Å²) in [5, 5.41) is 5.94. The molecular formula is C19H19N3O2S. The maximum absolute atomic E-state index is 12.6. The van der Waals surface area contributed by atoms with Crippen molar-refractivity contribution in [3.05, 3.63) is 58.4 Å². The lowest BCUT2D eigenvalue weighted by atomic mass is 9.97. The van der Waals surface area contributed by atoms with Crippen LogP contribution >= 0.6 is 11.3 Å². The fourth-order valence-electron chi connectivity index (χ4n) is 3.14. The maximum Gasteiger partial charge on any atom is 0.256 e. The number of para-hydroxylation sites is 1. The van der Waals surface area contributed by atoms with Gasteiger partial charge in [0.25, 0.3) is 5.91 Å². The Morgan fingerprint density at radius 3 is 2.84 bits per heavy atom. The second-order valence-electron chi connectivity index (χ2n) is 6.28. The van der Waals surface area contributed by atoms with Crippen LogP contribution in [0.3, 0.4) is 0 Å². The van der Waals surface area contributed by atoms with Gasteiger partial charge in [0, 0.05) is 41.6 Å². The van der Waals surface area contributed by atoms with E-state index in [0.29, 0.717) is 25.2 Å². The van der Waals surface area contributed by atoms with Gasteiger partial charge in [0.2, 0.25) is 5.91 Å². The number of H-pyrrole nitrogens is 1. The van der Waals surface area contributed by atoms with E-state index < -0.39 is 0 Å². The molecule has 2 aromatic heterocycles. The number of fused-ring (bicyclic) bond motifs is 1. The van der Waals surface area contributed by atoms with E-state index in [1.165, 1.54) is 4.88 Å². The average molecular weight is 353 g/mol. The predicted molar refractivity (Wildman–Crippen MR) is 98.7 cm³/mol. The zero-order valence-corrected chi connectivity index (χ0v) is 14.5. The Hall–Kier alpha value is -2.60. The molecule has 0 saturated carbocycles. The normalized spacial score (nSPS) is 14.5. The summed E-state index contributed by atoms with van der Waals surface area (Å²) in [6.07, 6.45) is 2.61. The Balaban J connectivity index is 1.29. The van der Waals surface area contributed by atoms with E-state index in [1.54, 1.807) is 22.4 Å². The molecule has 1 saturated heterocycles. The van der Waals surface area contributed by atoms with Crippen molar-refractivity contribution in [2.45, 2.75) is 6.42 Å². The predicted octanol–water partition coefficient (Wildman–Crippen LogP) is 2.66. The lowest BCUT2D eigenvalue weighted by molar-refractivity contribution is -0.128. The first-order valence-corrected chi connectivity index (χ1v) is 9.26. The highest BCUT2D eigenvalue weighted by Crippen LogP contribution is 2.24. The Bertz CT molecular complexity index is 894. The van der Waals surface area contributed by atoms with Gasteiger partial charge in [-0.05, 0) is 23.9 Å². The molecule has 25 heavy (non-hydrogen) atoms. The van der Waals surface area contributed by atoms with Crippen molar-refractivity contribution in [3.63, 3.8) is 0 Å². The van der Waals surface area contributed by atoms with E-state index in [1.807, 2.05) is 35.7 Å². The van der Waals surface area contributed by atoms with Crippen LogP contribution < -0.4 is 5.32 Å². The molecule has 3 aromatic rings. The van der Waals surface area contributed by atoms with E-state index in [-0.39, 0.29) is 17.7 Å². The summed E-state index contributed by atoms with van der Waals surface area (Å²) in [4.78, 5) is 30.9. The van der Waals surface area contributed by atoms with Gasteiger partial charge in [0.1, 0.15) is 0 Å². The van der Waals surface area contributed by atoms with E-state index in [2.05, 4.69) is 16.4 Å². The van der Waals surface area contributed by atoms with Crippen molar-refractivity contribution < 1.29 is 9.59 Å². The highest BCUT2D eigenvalue weighted by Gasteiger charge is 2.36. The lowest BCUT2D eigenvalue weighted by Gasteiger charge is -2.38. The number of rotatable bonds is 5. The first kappa shape index (κ1) is 15.9. The molecule has 0 spiro atoms. The standard InChI is InChI=1S/C19H19N3O2S/c23-18(20-8-7-14-4-3-9-25-14)13-11-22(12-13)19(24)16-10-21-17-6-2-1-5-15(16)17/h1-6,9-10,13,21H,7-8,11-12H2,(H,20,23). The molecule has 0 unspecified atom stereocenters. The average Bonchev–Trinajstić information content (AvgIpc) is 3.22. The molecule has 0 aliphatic carbocycles. The molecule has 1 aromatic carbocycles. The summed E-state index contributed by atoms with van der Waals surface area (Å²) in [7, 11) is 0. The molecule has 128 valence electrons. The van der Waals surface area contributed by atoms with Crippen LogP contribution in [0.25, 0.3) is 10.9 Å². The van der Waals surface area contributed by atoms with Crippen LogP contribution in [0.5, 0.6) is 0 Å². The van der Waals surface area contributed by atoms with E-state index >= 15 is 0 Å². The third-order valence-corrected chi connectivity index (χ3v) is 5.55. The van der Waals surface area contributed by atoms with Crippen molar-refractivity contribution >= 4 is 34.1 Å². The summed E-state index contributed by atoms with van der Waals surface area (Å²) in [5.74, 6) is -0.0721. The molecular weight excluding hydrogens is 334 g/mol. The van der Waals surface area contributed by atoms with Crippen LogP contribution in [-0.2, 0) is 11.2 Å². The molecule has 4 rings (SSSR count). The van der Waals surface area contributed by atoms with Gasteiger partial charge in [-0.1, -0.05) is 24.3 Å². The van der Waals surface area contributed by atoms with Crippen LogP contribution in [-0.4, -0.2) is 41.3 Å². The smallest absolute Gasteiger partial charge is 0.256 e. The number of likely N-dealkylation sites (tertiary alicyclic amines) is 1. The van der Waals surface area contributed by atoms with Crippen LogP contribution in [0.4, 0.5) is 0 Å². The van der Waals surface area contributed by atoms with Gasteiger partial charge in [-0.25, -0.2) is 0 Å². The number of nitrogens with one attached hydrogen (secondary N) is 2. The second-order valence-corrected chi connectivity index (χ2v) is 7.31. The summed E-state index contributed by atoms with van der Waals surface area (Å²) >= 11 is 1.70. The van der Waals surface area contributed by atoms with Gasteiger partial charge in [0.15, 0.2) is 0 Å². The van der Waals surface area contributed by atoms with Gasteiger partial charge in [-0.15, -0.1) is 11.3 Å². The number of nitrogens with zero attached hydrogens (tertiary/aromatic N) is 1. The van der Waals surface area contributed by atoms with Crippen molar-refractivity contribution in [3.8, 4) is 0 Å². The Labute approximate surface area is 149 Å². The van der Waals surface area contributed by atoms with Crippen molar-refractivity contribution in [2.24, 2.45) is 5.92 Å². The summed E-state index contributed by atoms with van der Waals surface area (Å²) in [5.41, 5.74) is 1.63. The van der Waals surface area contributed by atoms with Crippen LogP contribution in [0.15, 0.2) is 48.0 Å². The van der Waals surface area contributed by atoms with Gasteiger partial charge >= 0.3 is 0 Å². The number of aromatic amines is 1. The van der Waals surface area contributed by atoms with Crippen molar-refractivity contribution in [1.82, 2.24) is 15.2 Å². The molecule has 0 atom stereocenters. The Morgan fingerprint density at radius 2 is 2.04 bits per heavy atom. The fraction of sp³-hybridized carbons (Fsp3) is 0.263. The third kappa shape index (κ3) is 3.17. The monoisotopic (exact) mass is 353 g/mol. The first-order chi connectivity index (χ1) is 12.2. The second kappa shape index (κ2) is 6.72. The molecule has 5 nitrogen and oxygen atoms in total. The van der Waals surface area contributed by atoms with E-state index in [0.717, 1.165) is 17.3 Å². The highest BCUT2D eigenvalue weighted by molar-refractivity contribution is 7.09. The molecule has 3 heterocycles. The van der Waals surface area contributed by atoms with Crippen molar-refractivity contribution in [2.75, 3.05) is 19.6 Å². The maximum atomic E-state index is 12.6. The third-order valence-electron chi connectivity index (χ3n) is 4.61. The van der Waals surface area contributed by atoms with Gasteiger partial charge in [-0.2, -0.15) is 0 Å². The molecule has 2 N–H and O–H groups in total. The van der Waals surface area contributed by atoms with E-state index in [4.69, 9.17) is 0 Å². The largest absolute Gasteiger partial charge is 0.360 e. The number of thiophene rings is 1. The number of aromatic nitrogens is 1. The molecule has 0 radical (unpaired) electrons. The molecule has 2 amide bonds. The first-order valence-electron chi connectivity index (χ1n) is 8.38. The van der Waals surface area contributed by atoms with E-state index in [9.17, 15) is 9.59 Å². The number of carbonyl (C=O) groups is 2. The molecule has 0 bridgehead atoms. The number of hydrogen-bond acceptors (Lipinski definition) is 3. The van der Waals surface area contributed by atoms with Crippen molar-refractivity contribution in [1.29, 1.82) is 0 Å². The zero-order valence-electron chi connectivity index (χ0n) is 13.7. The number of carbonyl (C=O) groups excluding carboxylic acids is 2. The van der Waals surface area contributed by atoms with Gasteiger partial charge in [0.05, 0.1) is 11.5 Å². The Morgan fingerprint density at radius 1 is 1.20 bits per heavy atom. The molecule has 1 aliphatic heterocycles. The van der Waals surface area contributed by atoms with Crippen LogP contribution in [0.2, 0.25) is 0 Å². The molecule has 1 fully saturated rings. The minimum Gasteiger partial charge on any atom is -0.360 e. The minimum atomic E-state index is -0.0995. The molecule has 1 aliphatic rings. The quantitative estimate of drug-likeness (QED) is 0.741. The molecule has 6 heteroatoms. The lowest BCUT2D eigenvalue weighted by Crippen LogP contribution is -2.55. The topological polar surface area (TPSA) is 65.2 Å². The van der Waals surface area contributed by atoms with Crippen LogP contribution in [0, 0.1) is 5.92 Å². The van der Waals surface area contributed by atoms with Gasteiger partial charge in [-0.3, -0.25) is 9.59 Å². The fourth-order valence-corrected chi connectivity index (χ4v) is 3.85. The summed E-state index contributed by atoms with van der Waals surface area (Å²) < 4.78 is 0. The Kier molecular flexibility index (Phi) is 4.28.